The molecule has 0 aromatic rings. The van der Waals surface area contributed by atoms with Crippen molar-refractivity contribution < 1.29 is 0 Å². The zero-order valence-corrected chi connectivity index (χ0v) is 14.5. The van der Waals surface area contributed by atoms with Gasteiger partial charge in [-0.3, -0.25) is 4.90 Å². The molecule has 5 rings (SSSR count). The van der Waals surface area contributed by atoms with Crippen LogP contribution in [-0.2, 0) is 0 Å². The largest absolute Gasteiger partial charge is 0.313 e. The van der Waals surface area contributed by atoms with E-state index >= 15 is 0 Å². The minimum atomic E-state index is 0.462. The number of rotatable bonds is 1. The van der Waals surface area contributed by atoms with E-state index in [2.05, 4.69) is 21.6 Å². The maximum atomic E-state index is 3.98. The average Bonchev–Trinajstić information content (AvgIpc) is 2.63. The van der Waals surface area contributed by atoms with Crippen molar-refractivity contribution in [3.63, 3.8) is 0 Å². The summed E-state index contributed by atoms with van der Waals surface area (Å²) in [5, 5.41) is 7.94. The van der Waals surface area contributed by atoms with Crippen molar-refractivity contribution in [2.75, 3.05) is 26.2 Å². The van der Waals surface area contributed by atoms with Gasteiger partial charge >= 0.3 is 0 Å². The van der Waals surface area contributed by atoms with Crippen LogP contribution in [0.5, 0.6) is 0 Å². The van der Waals surface area contributed by atoms with Gasteiger partial charge in [-0.1, -0.05) is 24.5 Å². The molecule has 5 aliphatic rings. The molecular formula is C20H33N3. The van der Waals surface area contributed by atoms with Crippen LogP contribution in [0.2, 0.25) is 0 Å². The first-order chi connectivity index (χ1) is 11.4. The quantitative estimate of drug-likeness (QED) is 0.729. The Balaban J connectivity index is 1.54. The van der Waals surface area contributed by atoms with Crippen LogP contribution in [0.15, 0.2) is 11.6 Å². The van der Waals surface area contributed by atoms with Crippen LogP contribution >= 0.6 is 0 Å². The van der Waals surface area contributed by atoms with Crippen molar-refractivity contribution in [3.05, 3.63) is 11.6 Å². The van der Waals surface area contributed by atoms with E-state index in [9.17, 15) is 0 Å². The topological polar surface area (TPSA) is 27.3 Å². The van der Waals surface area contributed by atoms with Crippen molar-refractivity contribution in [1.29, 1.82) is 0 Å². The van der Waals surface area contributed by atoms with Crippen molar-refractivity contribution in [2.24, 2.45) is 11.3 Å². The maximum absolute atomic E-state index is 3.98. The molecule has 23 heavy (non-hydrogen) atoms. The van der Waals surface area contributed by atoms with E-state index in [0.29, 0.717) is 11.5 Å². The Bertz CT molecular complexity index is 481. The zero-order valence-electron chi connectivity index (χ0n) is 14.5. The van der Waals surface area contributed by atoms with Crippen LogP contribution in [0.3, 0.4) is 0 Å². The Kier molecular flexibility index (Phi) is 3.80. The van der Waals surface area contributed by atoms with Crippen LogP contribution in [0.1, 0.15) is 57.8 Å². The molecule has 2 bridgehead atoms. The van der Waals surface area contributed by atoms with Crippen LogP contribution in [0.25, 0.3) is 0 Å². The minimum absolute atomic E-state index is 0.462. The molecule has 5 atom stereocenters. The standard InChI is InChI=1S/C20H33N3/c1-3-9-21-18(8-1)20-13-16(12-15-6-5-10-22-19(15)20)17-7-2-4-11-23(17)14-20/h12,16-19,21-22H,1-11,13-14H2/t16-,17+,18+,19+,20+/m1/s1. The first-order valence-electron chi connectivity index (χ1n) is 10.3. The van der Waals surface area contributed by atoms with Crippen molar-refractivity contribution in [3.8, 4) is 0 Å². The minimum Gasteiger partial charge on any atom is -0.313 e. The highest BCUT2D eigenvalue weighted by atomic mass is 15.2. The summed E-state index contributed by atoms with van der Waals surface area (Å²) >= 11 is 0. The van der Waals surface area contributed by atoms with E-state index in [1.165, 1.54) is 84.0 Å². The third kappa shape index (κ3) is 2.34. The Morgan fingerprint density at radius 3 is 2.83 bits per heavy atom. The number of nitrogens with one attached hydrogen (secondary N) is 2. The van der Waals surface area contributed by atoms with Gasteiger partial charge in [0.15, 0.2) is 0 Å². The lowest BCUT2D eigenvalue weighted by atomic mass is 9.56. The molecule has 0 spiro atoms. The third-order valence-electron chi connectivity index (χ3n) is 7.64. The van der Waals surface area contributed by atoms with Crippen LogP contribution in [0.4, 0.5) is 0 Å². The van der Waals surface area contributed by atoms with Gasteiger partial charge in [-0.25, -0.2) is 0 Å². The SMILES string of the molecule is C1=C2CCCN[C@@H]2[C@@]2([C@@H]3CCCCN3)C[C@@H]1[C@@H]1CCCCN1C2. The molecule has 4 heterocycles. The van der Waals surface area contributed by atoms with Gasteiger partial charge < -0.3 is 10.6 Å². The van der Waals surface area contributed by atoms with Crippen molar-refractivity contribution >= 4 is 0 Å². The molecule has 4 saturated heterocycles. The number of hydrogen-bond donors (Lipinski definition) is 2. The normalized spacial score (nSPS) is 47.4. The molecule has 3 nitrogen and oxygen atoms in total. The predicted octanol–water partition coefficient (Wildman–Crippen LogP) is 2.68. The van der Waals surface area contributed by atoms with Gasteiger partial charge in [0.25, 0.3) is 0 Å². The molecule has 1 aliphatic carbocycles. The smallest absolute Gasteiger partial charge is 0.0363 e. The first kappa shape index (κ1) is 14.9. The Labute approximate surface area is 141 Å². The van der Waals surface area contributed by atoms with E-state index in [1.807, 2.05) is 0 Å². The Morgan fingerprint density at radius 1 is 1.00 bits per heavy atom. The number of nitrogens with zero attached hydrogens (tertiary/aromatic N) is 1. The highest BCUT2D eigenvalue weighted by Crippen LogP contribution is 2.52. The van der Waals surface area contributed by atoms with E-state index in [4.69, 9.17) is 0 Å². The van der Waals surface area contributed by atoms with Gasteiger partial charge in [-0.15, -0.1) is 0 Å². The van der Waals surface area contributed by atoms with Gasteiger partial charge in [0.1, 0.15) is 0 Å². The third-order valence-corrected chi connectivity index (χ3v) is 7.64. The molecule has 0 radical (unpaired) electrons. The molecule has 0 aromatic heterocycles. The van der Waals surface area contributed by atoms with E-state index in [1.54, 1.807) is 5.57 Å². The van der Waals surface area contributed by atoms with Gasteiger partial charge in [-0.05, 0) is 70.5 Å². The molecule has 3 heteroatoms. The summed E-state index contributed by atoms with van der Waals surface area (Å²) in [6.45, 7) is 5.17. The molecule has 0 unspecified atom stereocenters. The van der Waals surface area contributed by atoms with Crippen molar-refractivity contribution in [1.82, 2.24) is 15.5 Å². The molecule has 2 N–H and O–H groups in total. The molecule has 0 amide bonds. The second kappa shape index (κ2) is 5.86. The molecule has 4 aliphatic heterocycles. The van der Waals surface area contributed by atoms with Crippen LogP contribution in [0, 0.1) is 11.3 Å². The van der Waals surface area contributed by atoms with Crippen LogP contribution in [-0.4, -0.2) is 49.2 Å². The Morgan fingerprint density at radius 2 is 1.91 bits per heavy atom. The fourth-order valence-corrected chi connectivity index (χ4v) is 6.73. The summed E-state index contributed by atoms with van der Waals surface area (Å²) in [4.78, 5) is 2.90. The van der Waals surface area contributed by atoms with Crippen molar-refractivity contribution in [2.45, 2.75) is 75.9 Å². The van der Waals surface area contributed by atoms with Gasteiger partial charge in [0, 0.05) is 30.1 Å². The van der Waals surface area contributed by atoms with Gasteiger partial charge in [-0.2, -0.15) is 0 Å². The highest BCUT2D eigenvalue weighted by Gasteiger charge is 2.56. The van der Waals surface area contributed by atoms with Gasteiger partial charge in [0.2, 0.25) is 0 Å². The Hall–Kier alpha value is -0.380. The summed E-state index contributed by atoms with van der Waals surface area (Å²) in [5.41, 5.74) is 2.24. The number of fused-ring (bicyclic) bond motifs is 6. The summed E-state index contributed by atoms with van der Waals surface area (Å²) in [7, 11) is 0. The fourth-order valence-electron chi connectivity index (χ4n) is 6.73. The second-order valence-corrected chi connectivity index (χ2v) is 8.87. The lowest BCUT2D eigenvalue weighted by Crippen LogP contribution is -2.70. The van der Waals surface area contributed by atoms with E-state index in [-0.39, 0.29) is 0 Å². The van der Waals surface area contributed by atoms with E-state index in [0.717, 1.165) is 18.0 Å². The monoisotopic (exact) mass is 315 g/mol. The lowest BCUT2D eigenvalue weighted by Gasteiger charge is -2.62. The summed E-state index contributed by atoms with van der Waals surface area (Å²) in [5.74, 6) is 0.832. The molecule has 0 saturated carbocycles. The fraction of sp³-hybridized carbons (Fsp3) is 0.900. The number of piperidine rings is 4. The second-order valence-electron chi connectivity index (χ2n) is 8.87. The first-order valence-corrected chi connectivity index (χ1v) is 10.3. The maximum Gasteiger partial charge on any atom is 0.0363 e. The molecular weight excluding hydrogens is 282 g/mol. The number of hydrogen-bond acceptors (Lipinski definition) is 3. The lowest BCUT2D eigenvalue weighted by molar-refractivity contribution is -0.0562. The van der Waals surface area contributed by atoms with E-state index < -0.39 is 0 Å². The summed E-state index contributed by atoms with van der Waals surface area (Å²) in [6.07, 6.45) is 15.4. The molecule has 128 valence electrons. The predicted molar refractivity (Wildman–Crippen MR) is 94.5 cm³/mol. The van der Waals surface area contributed by atoms with Crippen LogP contribution < -0.4 is 10.6 Å². The molecule has 0 aromatic carbocycles. The highest BCUT2D eigenvalue weighted by molar-refractivity contribution is 5.29. The van der Waals surface area contributed by atoms with Gasteiger partial charge in [0.05, 0.1) is 0 Å². The average molecular weight is 316 g/mol. The zero-order chi connectivity index (χ0) is 15.3. The summed E-state index contributed by atoms with van der Waals surface area (Å²) < 4.78 is 0. The molecule has 4 fully saturated rings. The summed E-state index contributed by atoms with van der Waals surface area (Å²) in [6, 6.07) is 2.25.